The minimum atomic E-state index is -5.54. The van der Waals surface area contributed by atoms with Gasteiger partial charge in [-0.05, 0) is 0 Å². The van der Waals surface area contributed by atoms with Crippen molar-refractivity contribution in [3.05, 3.63) is 0 Å². The van der Waals surface area contributed by atoms with Crippen LogP contribution in [0.25, 0.3) is 0 Å². The number of hydrogen-bond acceptors (Lipinski definition) is 4. The van der Waals surface area contributed by atoms with Crippen molar-refractivity contribution < 1.29 is 43.7 Å². The highest BCUT2D eigenvalue weighted by Crippen LogP contribution is 2.69. The summed E-state index contributed by atoms with van der Waals surface area (Å²) in [7, 11) is -11.1. The molecule has 11 heteroatoms. The van der Waals surface area contributed by atoms with Gasteiger partial charge < -0.3 is 29.8 Å². The summed E-state index contributed by atoms with van der Waals surface area (Å²) in [6.07, 6.45) is -2.22. The van der Waals surface area contributed by atoms with Crippen molar-refractivity contribution in [2.45, 2.75) is 17.9 Å². The molecule has 0 aromatic rings. The van der Waals surface area contributed by atoms with Gasteiger partial charge >= 0.3 is 21.2 Å². The highest BCUT2D eigenvalue weighted by Gasteiger charge is 2.59. The molecule has 0 bridgehead atoms. The summed E-state index contributed by atoms with van der Waals surface area (Å²) in [5, 5.41) is 13.7. The van der Waals surface area contributed by atoms with Gasteiger partial charge in [0.2, 0.25) is 0 Å². The fourth-order valence-corrected chi connectivity index (χ4v) is 2.90. The average molecular weight is 264 g/mol. The van der Waals surface area contributed by atoms with E-state index in [0.717, 1.165) is 0 Å². The Balaban J connectivity index is 5.16. The lowest BCUT2D eigenvalue weighted by molar-refractivity contribution is -0.137. The van der Waals surface area contributed by atoms with E-state index in [4.69, 9.17) is 29.8 Å². The van der Waals surface area contributed by atoms with Crippen LogP contribution in [0.1, 0.15) is 12.8 Å². The van der Waals surface area contributed by atoms with Crippen LogP contribution in [-0.4, -0.2) is 40.8 Å². The molecule has 0 spiro atoms. The Bertz CT molecular complexity index is 314. The predicted octanol–water partition coefficient (Wildman–Crippen LogP) is -1.15. The highest BCUT2D eigenvalue weighted by molar-refractivity contribution is 7.72. The van der Waals surface area contributed by atoms with Crippen LogP contribution in [0.4, 0.5) is 0 Å². The number of carbonyl (C=O) groups is 1. The average Bonchev–Trinajstić information content (AvgIpc) is 1.95. The minimum absolute atomic E-state index is 0.979. The quantitative estimate of drug-likeness (QED) is 0.335. The summed E-state index contributed by atoms with van der Waals surface area (Å²) in [6.45, 7) is 0. The minimum Gasteiger partial charge on any atom is -0.481 e. The van der Waals surface area contributed by atoms with Crippen LogP contribution < -0.4 is 0 Å². The molecule has 0 saturated carbocycles. The van der Waals surface area contributed by atoms with Crippen molar-refractivity contribution in [3.8, 4) is 0 Å². The molecule has 0 aliphatic rings. The highest BCUT2D eigenvalue weighted by atomic mass is 31.2. The molecule has 0 unspecified atom stereocenters. The van der Waals surface area contributed by atoms with Crippen LogP contribution in [-0.2, 0) is 13.9 Å². The molecule has 0 saturated heterocycles. The fraction of sp³-hybridized carbons (Fsp3) is 0.750. The first-order valence-corrected chi connectivity index (χ1v) is 6.70. The van der Waals surface area contributed by atoms with E-state index in [2.05, 4.69) is 0 Å². The lowest BCUT2D eigenvalue weighted by Crippen LogP contribution is -2.29. The van der Waals surface area contributed by atoms with Crippen LogP contribution in [0, 0.1) is 0 Å². The van der Waals surface area contributed by atoms with Gasteiger partial charge in [0.1, 0.15) is 0 Å². The van der Waals surface area contributed by atoms with E-state index in [1.54, 1.807) is 0 Å². The molecule has 0 radical (unpaired) electrons. The summed E-state index contributed by atoms with van der Waals surface area (Å²) >= 11 is 0. The van der Waals surface area contributed by atoms with Gasteiger partial charge in [0.05, 0.1) is 0 Å². The number of aliphatic hydroxyl groups is 1. The van der Waals surface area contributed by atoms with Crippen molar-refractivity contribution in [1.82, 2.24) is 0 Å². The zero-order valence-electron chi connectivity index (χ0n) is 7.22. The van der Waals surface area contributed by atoms with Gasteiger partial charge in [0.15, 0.2) is 0 Å². The Kier molecular flexibility index (Phi) is 4.23. The molecule has 0 rings (SSSR count). The van der Waals surface area contributed by atoms with E-state index >= 15 is 0 Å². The molecule has 0 amide bonds. The van der Waals surface area contributed by atoms with E-state index in [0.29, 0.717) is 0 Å². The topological polar surface area (TPSA) is 173 Å². The molecule has 0 aliphatic carbocycles. The van der Waals surface area contributed by atoms with Gasteiger partial charge in [-0.15, -0.1) is 0 Å². The normalized spacial score (nSPS) is 13.9. The van der Waals surface area contributed by atoms with Gasteiger partial charge in [0.25, 0.3) is 5.08 Å². The van der Waals surface area contributed by atoms with Crippen LogP contribution in [0.5, 0.6) is 0 Å². The molecule has 6 N–H and O–H groups in total. The lowest BCUT2D eigenvalue weighted by Gasteiger charge is -2.28. The first-order chi connectivity index (χ1) is 6.42. The molecule has 90 valence electrons. The molecule has 0 aliphatic heterocycles. The summed E-state index contributed by atoms with van der Waals surface area (Å²) in [4.78, 5) is 44.3. The molecule has 15 heavy (non-hydrogen) atoms. The first-order valence-electron chi connectivity index (χ1n) is 3.47. The summed E-state index contributed by atoms with van der Waals surface area (Å²) in [5.41, 5.74) is 0. The zero-order valence-corrected chi connectivity index (χ0v) is 9.01. The number of aliphatic carboxylic acids is 1. The molecule has 0 fully saturated rings. The standard InChI is InChI=1S/C4H10O9P2/c5-3(6)1-2-4(7,14(8,9)10)15(11,12)13/h7H,1-2H2,(H,5,6)(H2,8,9,10)(H2,11,12,13). The molecular formula is C4H10O9P2. The smallest absolute Gasteiger partial charge is 0.369 e. The second kappa shape index (κ2) is 4.31. The molecule has 9 nitrogen and oxygen atoms in total. The third-order valence-corrected chi connectivity index (χ3v) is 5.48. The Labute approximate surface area is 83.7 Å². The number of rotatable bonds is 5. The van der Waals surface area contributed by atoms with Crippen LogP contribution >= 0.6 is 15.2 Å². The molecule has 0 aromatic heterocycles. The third kappa shape index (κ3) is 3.35. The third-order valence-electron chi connectivity index (χ3n) is 1.61. The maximum atomic E-state index is 10.7. The predicted molar refractivity (Wildman–Crippen MR) is 45.9 cm³/mol. The van der Waals surface area contributed by atoms with Crippen molar-refractivity contribution in [2.24, 2.45) is 0 Å². The lowest BCUT2D eigenvalue weighted by atomic mass is 10.3. The SMILES string of the molecule is O=C(O)CCC(O)(P(=O)(O)O)P(=O)(O)O. The van der Waals surface area contributed by atoms with Crippen molar-refractivity contribution >= 4 is 21.2 Å². The van der Waals surface area contributed by atoms with E-state index in [-0.39, 0.29) is 0 Å². The summed E-state index contributed by atoms with van der Waals surface area (Å²) < 4.78 is 21.3. The second-order valence-corrected chi connectivity index (χ2v) is 6.76. The van der Waals surface area contributed by atoms with Crippen LogP contribution in [0.2, 0.25) is 0 Å². The van der Waals surface area contributed by atoms with E-state index in [1.807, 2.05) is 0 Å². The molecule has 0 atom stereocenters. The Hall–Kier alpha value is -0.270. The Morgan fingerprint density at radius 3 is 1.60 bits per heavy atom. The number of carboxylic acid groups (broad SMARTS) is 1. The van der Waals surface area contributed by atoms with Gasteiger partial charge in [-0.3, -0.25) is 13.9 Å². The molecule has 0 aromatic carbocycles. The second-order valence-electron chi connectivity index (χ2n) is 2.76. The first kappa shape index (κ1) is 14.7. The summed E-state index contributed by atoms with van der Waals surface area (Å²) in [5.74, 6) is -1.55. The van der Waals surface area contributed by atoms with Gasteiger partial charge in [0, 0.05) is 12.8 Å². The van der Waals surface area contributed by atoms with Crippen molar-refractivity contribution in [3.63, 3.8) is 0 Å². The maximum absolute atomic E-state index is 10.7. The Morgan fingerprint density at radius 2 is 1.40 bits per heavy atom. The Morgan fingerprint density at radius 1 is 1.07 bits per heavy atom. The molecule has 0 heterocycles. The van der Waals surface area contributed by atoms with Gasteiger partial charge in [-0.25, -0.2) is 0 Å². The van der Waals surface area contributed by atoms with E-state index < -0.39 is 39.1 Å². The van der Waals surface area contributed by atoms with Crippen molar-refractivity contribution in [1.29, 1.82) is 0 Å². The van der Waals surface area contributed by atoms with Gasteiger partial charge in [-0.1, -0.05) is 0 Å². The zero-order chi connectivity index (χ0) is 12.5. The fourth-order valence-electron chi connectivity index (χ4n) is 0.736. The summed E-state index contributed by atoms with van der Waals surface area (Å²) in [6, 6.07) is 0. The van der Waals surface area contributed by atoms with Crippen LogP contribution in [0.15, 0.2) is 0 Å². The number of carboxylic acids is 1. The maximum Gasteiger partial charge on any atom is 0.369 e. The largest absolute Gasteiger partial charge is 0.481 e. The monoisotopic (exact) mass is 264 g/mol. The van der Waals surface area contributed by atoms with E-state index in [1.165, 1.54) is 0 Å². The molecular weight excluding hydrogens is 254 g/mol. The van der Waals surface area contributed by atoms with Crippen LogP contribution in [0.3, 0.4) is 0 Å². The van der Waals surface area contributed by atoms with Crippen molar-refractivity contribution in [2.75, 3.05) is 0 Å². The van der Waals surface area contributed by atoms with E-state index in [9.17, 15) is 13.9 Å². The van der Waals surface area contributed by atoms with Gasteiger partial charge in [-0.2, -0.15) is 0 Å². The number of hydrogen-bond donors (Lipinski definition) is 6.